The normalized spacial score (nSPS) is 28.9. The Labute approximate surface area is 143 Å². The molecule has 128 valence electrons. The van der Waals surface area contributed by atoms with Gasteiger partial charge in [0.2, 0.25) is 5.91 Å². The van der Waals surface area contributed by atoms with Gasteiger partial charge in [-0.15, -0.1) is 16.4 Å². The second kappa shape index (κ2) is 6.58. The fourth-order valence-corrected chi connectivity index (χ4v) is 4.36. The van der Waals surface area contributed by atoms with Crippen molar-refractivity contribution in [3.63, 3.8) is 0 Å². The van der Waals surface area contributed by atoms with Crippen LogP contribution in [0.2, 0.25) is 0 Å². The maximum Gasteiger partial charge on any atom is 0.230 e. The number of aliphatic hydroxyl groups excluding tert-OH is 1. The number of hydrogen-bond acceptors (Lipinski definition) is 7. The van der Waals surface area contributed by atoms with Gasteiger partial charge >= 0.3 is 0 Å². The lowest BCUT2D eigenvalue weighted by molar-refractivity contribution is -0.127. The molecular formula is C15H20N6O2S. The number of anilines is 1. The predicted molar refractivity (Wildman–Crippen MR) is 88.3 cm³/mol. The largest absolute Gasteiger partial charge is 0.390 e. The van der Waals surface area contributed by atoms with Crippen molar-refractivity contribution in [2.24, 2.45) is 11.8 Å². The molecule has 0 radical (unpaired) electrons. The van der Waals surface area contributed by atoms with Crippen LogP contribution in [0.1, 0.15) is 18.5 Å². The van der Waals surface area contributed by atoms with Gasteiger partial charge in [0.05, 0.1) is 25.3 Å². The van der Waals surface area contributed by atoms with Crippen LogP contribution in [-0.2, 0) is 17.9 Å². The Morgan fingerprint density at radius 2 is 2.42 bits per heavy atom. The molecule has 0 spiro atoms. The highest BCUT2D eigenvalue weighted by Gasteiger charge is 2.43. The van der Waals surface area contributed by atoms with E-state index in [1.54, 1.807) is 17.1 Å². The van der Waals surface area contributed by atoms with Crippen LogP contribution in [0.4, 0.5) is 5.13 Å². The first-order chi connectivity index (χ1) is 11.7. The molecule has 0 aliphatic carbocycles. The molecule has 2 N–H and O–H groups in total. The molecule has 5 rings (SSSR count). The molecule has 2 aromatic rings. The molecule has 8 nitrogen and oxygen atoms in total. The third-order valence-corrected chi connectivity index (χ3v) is 5.71. The van der Waals surface area contributed by atoms with Crippen molar-refractivity contribution in [1.29, 1.82) is 0 Å². The van der Waals surface area contributed by atoms with Crippen LogP contribution in [-0.4, -0.2) is 55.0 Å². The van der Waals surface area contributed by atoms with Crippen LogP contribution in [0.5, 0.6) is 0 Å². The van der Waals surface area contributed by atoms with Crippen molar-refractivity contribution in [1.82, 2.24) is 24.9 Å². The molecule has 3 aliphatic rings. The third-order valence-electron chi connectivity index (χ3n) is 5.02. The first-order valence-corrected chi connectivity index (χ1v) is 9.05. The Kier molecular flexibility index (Phi) is 4.30. The van der Waals surface area contributed by atoms with E-state index in [0.717, 1.165) is 32.5 Å². The SMILES string of the molecule is O=C(Nc1nccs1)[C@@H]1CN2CC[C@@H]1C[C@@H]2Cn1cc(CO)nn1. The number of piperidine rings is 3. The van der Waals surface area contributed by atoms with Gasteiger partial charge in [-0.05, 0) is 25.3 Å². The highest BCUT2D eigenvalue weighted by molar-refractivity contribution is 7.13. The van der Waals surface area contributed by atoms with E-state index in [4.69, 9.17) is 5.11 Å². The summed E-state index contributed by atoms with van der Waals surface area (Å²) in [6.07, 6.45) is 5.54. The summed E-state index contributed by atoms with van der Waals surface area (Å²) in [6.45, 7) is 2.48. The number of carbonyl (C=O) groups excluding carboxylic acids is 1. The summed E-state index contributed by atoms with van der Waals surface area (Å²) in [5.41, 5.74) is 0.590. The van der Waals surface area contributed by atoms with E-state index in [9.17, 15) is 4.79 Å². The number of nitrogens with zero attached hydrogens (tertiary/aromatic N) is 5. The maximum atomic E-state index is 12.5. The molecule has 3 aliphatic heterocycles. The van der Waals surface area contributed by atoms with E-state index >= 15 is 0 Å². The summed E-state index contributed by atoms with van der Waals surface area (Å²) in [5.74, 6) is 0.518. The fourth-order valence-electron chi connectivity index (χ4n) is 3.82. The number of amides is 1. The molecule has 0 aromatic carbocycles. The van der Waals surface area contributed by atoms with Gasteiger partial charge in [-0.2, -0.15) is 0 Å². The number of rotatable bonds is 5. The van der Waals surface area contributed by atoms with Crippen molar-refractivity contribution in [3.8, 4) is 0 Å². The van der Waals surface area contributed by atoms with Crippen LogP contribution in [0.15, 0.2) is 17.8 Å². The van der Waals surface area contributed by atoms with Crippen molar-refractivity contribution >= 4 is 22.4 Å². The van der Waals surface area contributed by atoms with Crippen molar-refractivity contribution in [2.45, 2.75) is 32.0 Å². The number of hydrogen-bond donors (Lipinski definition) is 2. The van der Waals surface area contributed by atoms with Gasteiger partial charge in [0.15, 0.2) is 5.13 Å². The molecular weight excluding hydrogens is 328 g/mol. The minimum Gasteiger partial charge on any atom is -0.390 e. The van der Waals surface area contributed by atoms with Gasteiger partial charge in [-0.1, -0.05) is 5.21 Å². The molecule has 2 bridgehead atoms. The number of nitrogens with one attached hydrogen (secondary N) is 1. The Morgan fingerprint density at radius 1 is 1.50 bits per heavy atom. The van der Waals surface area contributed by atoms with Crippen LogP contribution >= 0.6 is 11.3 Å². The summed E-state index contributed by atoms with van der Waals surface area (Å²) in [5, 5.41) is 22.5. The van der Waals surface area contributed by atoms with Gasteiger partial charge in [-0.25, -0.2) is 4.98 Å². The smallest absolute Gasteiger partial charge is 0.230 e. The van der Waals surface area contributed by atoms with E-state index in [1.807, 2.05) is 5.38 Å². The lowest BCUT2D eigenvalue weighted by Crippen LogP contribution is -2.57. The third kappa shape index (κ3) is 3.06. The molecule has 0 saturated carbocycles. The molecule has 3 saturated heterocycles. The Balaban J connectivity index is 1.39. The highest BCUT2D eigenvalue weighted by Crippen LogP contribution is 2.37. The van der Waals surface area contributed by atoms with Crippen LogP contribution in [0, 0.1) is 11.8 Å². The average Bonchev–Trinajstić information content (AvgIpc) is 3.27. The van der Waals surface area contributed by atoms with Crippen molar-refractivity contribution in [3.05, 3.63) is 23.5 Å². The minimum atomic E-state index is -0.0873. The number of aliphatic hydroxyl groups is 1. The van der Waals surface area contributed by atoms with Crippen LogP contribution < -0.4 is 5.32 Å². The van der Waals surface area contributed by atoms with Crippen molar-refractivity contribution < 1.29 is 9.90 Å². The minimum absolute atomic E-state index is 0.0302. The first kappa shape index (κ1) is 15.7. The molecule has 4 atom stereocenters. The van der Waals surface area contributed by atoms with Gasteiger partial charge in [-0.3, -0.25) is 14.4 Å². The molecule has 1 unspecified atom stereocenters. The number of carbonyl (C=O) groups is 1. The van der Waals surface area contributed by atoms with Gasteiger partial charge in [0.25, 0.3) is 0 Å². The number of aromatic nitrogens is 4. The van der Waals surface area contributed by atoms with Gasteiger partial charge in [0.1, 0.15) is 5.69 Å². The summed E-state index contributed by atoms with van der Waals surface area (Å²) in [4.78, 5) is 19.0. The highest BCUT2D eigenvalue weighted by atomic mass is 32.1. The lowest BCUT2D eigenvalue weighted by atomic mass is 9.75. The molecule has 2 aromatic heterocycles. The molecule has 5 heterocycles. The first-order valence-electron chi connectivity index (χ1n) is 8.17. The Hall–Kier alpha value is -1.84. The summed E-state index contributed by atoms with van der Waals surface area (Å²) in [7, 11) is 0. The molecule has 24 heavy (non-hydrogen) atoms. The summed E-state index contributed by atoms with van der Waals surface area (Å²) < 4.78 is 1.79. The molecule has 9 heteroatoms. The lowest BCUT2D eigenvalue weighted by Gasteiger charge is -2.49. The fraction of sp³-hybridized carbons (Fsp3) is 0.600. The van der Waals surface area contributed by atoms with Crippen molar-refractivity contribution in [2.75, 3.05) is 18.4 Å². The van der Waals surface area contributed by atoms with E-state index in [2.05, 4.69) is 25.5 Å². The maximum absolute atomic E-state index is 12.5. The van der Waals surface area contributed by atoms with Crippen LogP contribution in [0.25, 0.3) is 0 Å². The summed E-state index contributed by atoms with van der Waals surface area (Å²) in [6, 6.07) is 0.376. The summed E-state index contributed by atoms with van der Waals surface area (Å²) >= 11 is 1.45. The average molecular weight is 348 g/mol. The molecule has 3 fully saturated rings. The Morgan fingerprint density at radius 3 is 3.08 bits per heavy atom. The topological polar surface area (TPSA) is 96.2 Å². The Bertz CT molecular complexity index is 703. The molecule has 1 amide bonds. The second-order valence-electron chi connectivity index (χ2n) is 6.46. The number of fused-ring (bicyclic) bond motifs is 3. The monoisotopic (exact) mass is 348 g/mol. The van der Waals surface area contributed by atoms with E-state index < -0.39 is 0 Å². The zero-order valence-corrected chi connectivity index (χ0v) is 14.0. The van der Waals surface area contributed by atoms with Gasteiger partial charge in [0, 0.05) is 24.2 Å². The zero-order valence-electron chi connectivity index (χ0n) is 13.2. The van der Waals surface area contributed by atoms with Crippen LogP contribution in [0.3, 0.4) is 0 Å². The van der Waals surface area contributed by atoms with Gasteiger partial charge < -0.3 is 10.4 Å². The standard InChI is InChI=1S/C15H20N6O2S/c22-9-11-6-21(19-18-11)7-12-5-10-1-3-20(12)8-13(10)14(23)17-15-16-2-4-24-15/h2,4,6,10,12-13,22H,1,3,5,7-9H2,(H,16,17,23)/t10-,12-,13-/m1/s1. The van der Waals surface area contributed by atoms with E-state index in [1.165, 1.54) is 11.3 Å². The predicted octanol–water partition coefficient (Wildman–Crippen LogP) is 0.576. The van der Waals surface area contributed by atoms with E-state index in [0.29, 0.717) is 22.8 Å². The second-order valence-corrected chi connectivity index (χ2v) is 7.35. The zero-order chi connectivity index (χ0) is 16.5. The quantitative estimate of drug-likeness (QED) is 0.820. The van der Waals surface area contributed by atoms with E-state index in [-0.39, 0.29) is 18.4 Å². The number of thiazole rings is 1.